The summed E-state index contributed by atoms with van der Waals surface area (Å²) in [6.07, 6.45) is 0. The van der Waals surface area contributed by atoms with Gasteiger partial charge in [-0.2, -0.15) is 0 Å². The van der Waals surface area contributed by atoms with Crippen molar-refractivity contribution in [3.05, 3.63) is 97.2 Å². The van der Waals surface area contributed by atoms with Crippen molar-refractivity contribution in [3.8, 4) is 17.1 Å². The van der Waals surface area contributed by atoms with Gasteiger partial charge in [0.2, 0.25) is 0 Å². The van der Waals surface area contributed by atoms with Crippen molar-refractivity contribution in [2.24, 2.45) is 0 Å². The molecule has 0 unspecified atom stereocenters. The second kappa shape index (κ2) is 7.07. The predicted octanol–water partition coefficient (Wildman–Crippen LogP) is 5.27. The molecule has 0 atom stereocenters. The zero-order chi connectivity index (χ0) is 19.8. The number of hydrogen-bond acceptors (Lipinski definition) is 4. The number of aromatic nitrogens is 2. The molecule has 0 spiro atoms. The van der Waals surface area contributed by atoms with E-state index in [9.17, 15) is 14.9 Å². The maximum Gasteiger partial charge on any atom is 0.271 e. The van der Waals surface area contributed by atoms with Crippen LogP contribution in [0.4, 0.5) is 5.69 Å². The van der Waals surface area contributed by atoms with Crippen molar-refractivity contribution in [2.75, 3.05) is 0 Å². The summed E-state index contributed by atoms with van der Waals surface area (Å²) < 4.78 is 1.32. The third-order valence-corrected chi connectivity index (χ3v) is 4.79. The molecule has 138 valence electrons. The number of benzene rings is 3. The minimum atomic E-state index is -0.516. The largest absolute Gasteiger partial charge is 0.271 e. The van der Waals surface area contributed by atoms with E-state index < -0.39 is 4.92 Å². The number of nitro groups is 1. The van der Waals surface area contributed by atoms with E-state index in [1.165, 1.54) is 22.8 Å². The molecule has 0 amide bonds. The second-order valence-electron chi connectivity index (χ2n) is 5.99. The Kier molecular flexibility index (Phi) is 4.58. The van der Waals surface area contributed by atoms with Gasteiger partial charge >= 0.3 is 0 Å². The van der Waals surface area contributed by atoms with Gasteiger partial charge < -0.3 is 0 Å². The van der Waals surface area contributed by atoms with Crippen molar-refractivity contribution < 1.29 is 4.92 Å². The van der Waals surface area contributed by atoms with E-state index in [4.69, 9.17) is 23.2 Å². The fourth-order valence-electron chi connectivity index (χ4n) is 2.97. The van der Waals surface area contributed by atoms with Crippen LogP contribution in [0.15, 0.2) is 71.5 Å². The summed E-state index contributed by atoms with van der Waals surface area (Å²) in [5.74, 6) is 0.269. The van der Waals surface area contributed by atoms with Crippen molar-refractivity contribution in [2.45, 2.75) is 0 Å². The highest BCUT2D eigenvalue weighted by molar-refractivity contribution is 6.36. The van der Waals surface area contributed by atoms with Crippen LogP contribution in [0.1, 0.15) is 0 Å². The molecule has 4 aromatic rings. The van der Waals surface area contributed by atoms with Gasteiger partial charge in [-0.15, -0.1) is 0 Å². The number of nitrogens with zero attached hydrogens (tertiary/aromatic N) is 3. The monoisotopic (exact) mass is 411 g/mol. The van der Waals surface area contributed by atoms with Gasteiger partial charge in [0, 0.05) is 22.7 Å². The van der Waals surface area contributed by atoms with Crippen molar-refractivity contribution >= 4 is 39.8 Å². The maximum atomic E-state index is 13.3. The highest BCUT2D eigenvalue weighted by Gasteiger charge is 2.18. The number of halogens is 2. The first-order chi connectivity index (χ1) is 13.5. The Labute approximate surface area is 168 Å². The second-order valence-corrected chi connectivity index (χ2v) is 6.84. The number of rotatable bonds is 3. The summed E-state index contributed by atoms with van der Waals surface area (Å²) >= 11 is 12.4. The predicted molar refractivity (Wildman–Crippen MR) is 109 cm³/mol. The lowest BCUT2D eigenvalue weighted by Crippen LogP contribution is -2.22. The van der Waals surface area contributed by atoms with Crippen LogP contribution in [-0.4, -0.2) is 14.5 Å². The molecule has 0 saturated carbocycles. The minimum Gasteiger partial charge on any atom is -0.268 e. The first-order valence-corrected chi connectivity index (χ1v) is 8.93. The molecule has 28 heavy (non-hydrogen) atoms. The Bertz CT molecular complexity index is 1300. The summed E-state index contributed by atoms with van der Waals surface area (Å²) in [6.45, 7) is 0. The molecule has 0 aliphatic carbocycles. The van der Waals surface area contributed by atoms with Gasteiger partial charge in [-0.25, -0.2) is 4.98 Å². The van der Waals surface area contributed by atoms with E-state index in [2.05, 4.69) is 4.98 Å². The van der Waals surface area contributed by atoms with Gasteiger partial charge in [0.1, 0.15) is 5.82 Å². The molecule has 0 aliphatic heterocycles. The number of nitro benzene ring substituents is 1. The molecule has 0 bridgehead atoms. The van der Waals surface area contributed by atoms with E-state index in [0.29, 0.717) is 32.2 Å². The molecule has 1 heterocycles. The van der Waals surface area contributed by atoms with Crippen molar-refractivity contribution in [1.82, 2.24) is 9.55 Å². The van der Waals surface area contributed by atoms with Gasteiger partial charge in [0.05, 0.1) is 26.5 Å². The average molecular weight is 412 g/mol. The number of para-hydroxylation sites is 1. The molecular formula is C20H11Cl2N3O3. The average Bonchev–Trinajstić information content (AvgIpc) is 2.68. The molecule has 0 aliphatic rings. The summed E-state index contributed by atoms with van der Waals surface area (Å²) in [4.78, 5) is 28.6. The van der Waals surface area contributed by atoms with Crippen LogP contribution >= 0.6 is 23.2 Å². The van der Waals surface area contributed by atoms with E-state index >= 15 is 0 Å². The van der Waals surface area contributed by atoms with E-state index in [0.717, 1.165) is 0 Å². The lowest BCUT2D eigenvalue weighted by atomic mass is 10.1. The molecular weight excluding hydrogens is 401 g/mol. The molecule has 0 fully saturated rings. The van der Waals surface area contributed by atoms with Crippen molar-refractivity contribution in [3.63, 3.8) is 0 Å². The van der Waals surface area contributed by atoms with E-state index in [-0.39, 0.29) is 17.1 Å². The van der Waals surface area contributed by atoms with Crippen LogP contribution in [0.3, 0.4) is 0 Å². The smallest absolute Gasteiger partial charge is 0.268 e. The minimum absolute atomic E-state index is 0.134. The molecule has 0 saturated heterocycles. The fourth-order valence-corrected chi connectivity index (χ4v) is 3.46. The molecule has 1 aromatic heterocycles. The molecule has 0 N–H and O–H groups in total. The van der Waals surface area contributed by atoms with Gasteiger partial charge in [-0.1, -0.05) is 41.4 Å². The Morgan fingerprint density at radius 1 is 0.964 bits per heavy atom. The third kappa shape index (κ3) is 3.13. The summed E-state index contributed by atoms with van der Waals surface area (Å²) in [6, 6.07) is 17.6. The molecule has 0 radical (unpaired) electrons. The lowest BCUT2D eigenvalue weighted by Gasteiger charge is -2.15. The Morgan fingerprint density at radius 3 is 2.50 bits per heavy atom. The molecule has 6 nitrogen and oxygen atoms in total. The SMILES string of the molecule is O=c1c2ccccc2nc(-c2ccc(Cl)cc2Cl)n1-c1cccc([N+](=O)[O-])c1. The van der Waals surface area contributed by atoms with Crippen LogP contribution < -0.4 is 5.56 Å². The number of fused-ring (bicyclic) bond motifs is 1. The van der Waals surface area contributed by atoms with Crippen LogP contribution in [0.2, 0.25) is 10.0 Å². The standard InChI is InChI=1S/C20H11Cl2N3O3/c21-12-8-9-15(17(22)10-12)19-23-18-7-2-1-6-16(18)20(26)24(19)13-4-3-5-14(11-13)25(27)28/h1-11H. The van der Waals surface area contributed by atoms with Gasteiger partial charge in [-0.3, -0.25) is 19.5 Å². The highest BCUT2D eigenvalue weighted by atomic mass is 35.5. The Hall–Kier alpha value is -3.22. The summed E-state index contributed by atoms with van der Waals surface area (Å²) in [5.41, 5.74) is 0.812. The molecule has 3 aromatic carbocycles. The highest BCUT2D eigenvalue weighted by Crippen LogP contribution is 2.31. The number of hydrogen-bond donors (Lipinski definition) is 0. The lowest BCUT2D eigenvalue weighted by molar-refractivity contribution is -0.384. The fraction of sp³-hybridized carbons (Fsp3) is 0. The number of non-ortho nitro benzene ring substituents is 1. The topological polar surface area (TPSA) is 78.0 Å². The van der Waals surface area contributed by atoms with Gasteiger partial charge in [0.25, 0.3) is 11.2 Å². The third-order valence-electron chi connectivity index (χ3n) is 4.25. The Balaban J connectivity index is 2.12. The Morgan fingerprint density at radius 2 is 1.75 bits per heavy atom. The van der Waals surface area contributed by atoms with E-state index in [1.54, 1.807) is 48.5 Å². The van der Waals surface area contributed by atoms with Crippen LogP contribution in [-0.2, 0) is 0 Å². The first kappa shape index (κ1) is 18.2. The van der Waals surface area contributed by atoms with Gasteiger partial charge in [-0.05, 0) is 36.4 Å². The molecule has 4 rings (SSSR count). The normalized spacial score (nSPS) is 10.9. The van der Waals surface area contributed by atoms with E-state index in [1.807, 2.05) is 0 Å². The van der Waals surface area contributed by atoms with Gasteiger partial charge in [0.15, 0.2) is 0 Å². The van der Waals surface area contributed by atoms with Crippen LogP contribution in [0, 0.1) is 10.1 Å². The quantitative estimate of drug-likeness (QED) is 0.339. The maximum absolute atomic E-state index is 13.3. The van der Waals surface area contributed by atoms with Crippen molar-refractivity contribution in [1.29, 1.82) is 0 Å². The summed E-state index contributed by atoms with van der Waals surface area (Å²) in [7, 11) is 0. The zero-order valence-electron chi connectivity index (χ0n) is 14.2. The first-order valence-electron chi connectivity index (χ1n) is 8.18. The van der Waals surface area contributed by atoms with Crippen LogP contribution in [0.5, 0.6) is 0 Å². The zero-order valence-corrected chi connectivity index (χ0v) is 15.7. The summed E-state index contributed by atoms with van der Waals surface area (Å²) in [5, 5.41) is 12.3. The van der Waals surface area contributed by atoms with Crippen LogP contribution in [0.25, 0.3) is 28.0 Å². The molecule has 8 heteroatoms.